The lowest BCUT2D eigenvalue weighted by molar-refractivity contribution is -0.136. The average molecular weight is 1950 g/mol. The fraction of sp³-hybridized carbons (Fsp3) is 0.306. The fourth-order valence-corrected chi connectivity index (χ4v) is 21.1. The van der Waals surface area contributed by atoms with Gasteiger partial charge in [-0.1, -0.05) is 119 Å². The number of fused-ring (bicyclic) bond motifs is 3. The first kappa shape index (κ1) is 98.1. The van der Waals surface area contributed by atoms with Crippen LogP contribution in [0.25, 0.3) is 55.3 Å². The topological polar surface area (TPSA) is 205 Å². The molecule has 9 aromatic carbocycles. The number of anilines is 4. The molecular formula is C108H104Cl4F6N14O6. The van der Waals surface area contributed by atoms with Crippen LogP contribution < -0.4 is 46.6 Å². The number of rotatable bonds is 18. The number of aryl methyl sites for hydroxylation is 8. The molecule has 30 heteroatoms. The molecule has 712 valence electrons. The minimum absolute atomic E-state index is 0.0185. The van der Waals surface area contributed by atoms with Crippen LogP contribution in [-0.2, 0) is 36.7 Å². The van der Waals surface area contributed by atoms with Crippen molar-refractivity contribution in [2.75, 3.05) is 72.0 Å². The van der Waals surface area contributed by atoms with Crippen molar-refractivity contribution in [2.24, 2.45) is 23.7 Å². The average Bonchev–Trinajstić information content (AvgIpc) is 0.761. The van der Waals surface area contributed by atoms with E-state index in [1.54, 1.807) is 105 Å². The van der Waals surface area contributed by atoms with Gasteiger partial charge in [0.1, 0.15) is 29.1 Å². The maximum atomic E-state index is 14.2. The molecule has 15 aromatic rings. The second-order valence-electron chi connectivity index (χ2n) is 36.1. The van der Waals surface area contributed by atoms with Gasteiger partial charge in [-0.15, -0.1) is 0 Å². The molecule has 0 N–H and O–H groups in total. The van der Waals surface area contributed by atoms with Crippen molar-refractivity contribution in [3.05, 3.63) is 365 Å². The highest BCUT2D eigenvalue weighted by Gasteiger charge is 2.35. The summed E-state index contributed by atoms with van der Waals surface area (Å²) in [5.74, 6) is 2.29. The molecule has 138 heavy (non-hydrogen) atoms. The molecule has 0 amide bonds. The standard InChI is InChI=1S/C28H26ClF3N4O.C28H27ClFN3O.C27H25ClF2N4O.C25H26ClN3O3/c1-17-14-26(37)36(18(2)34-17)21-6-8-25(24(29)16-21)35-12-9-19(10-13-35)15-20-5-7-23(28(30,31)32)22-4-3-11-33-27(20)22;1-18-15-28(34)33(19(2)31-18)22-8-10-27(25(29)17-22)32-13-11-20(12-14-32)16-21-7-9-26(30)24-6-4-3-5-23(21)24;1-16-12-25(35)34(17(2)32-16)20-5-6-24(22(28)15-20)33-10-7-18(8-11-33)13-19-14-23(29)26(30)21-4-3-9-31-27(19)21;1-17-4-3-5-20(12-17)13-19-8-10-28(11-9-19)23-7-6-21(14-22(23)26)29-18(2)27-24(32-16-30)15-25(29)31/h3-8,11,14,16,19H,9-10,12-13,15H2,1-2H3;3-10,15,17,20H,11-14,16H2,1-2H3;3-6,9,12,14-15,18H,7-8,10-11,13H2,1-2H3;3-7,12,14-16,19H,8-11,13H2,1-2H3. The maximum absolute atomic E-state index is 14.2. The summed E-state index contributed by atoms with van der Waals surface area (Å²) in [4.78, 5) is 95.5. The quantitative estimate of drug-likeness (QED) is 0.0579. The van der Waals surface area contributed by atoms with Crippen molar-refractivity contribution in [3.63, 3.8) is 0 Å². The van der Waals surface area contributed by atoms with Crippen molar-refractivity contribution in [1.29, 1.82) is 0 Å². The number of hydrogen-bond acceptors (Lipinski definition) is 16. The van der Waals surface area contributed by atoms with Gasteiger partial charge in [0.15, 0.2) is 11.6 Å². The SMILES string of the molecule is Cc1cc(=O)n(-c2ccc(N3CCC(Cc4cc(F)c(F)c5cccnc45)CC3)c(Cl)c2)c(C)n1.Cc1cc(=O)n(-c2ccc(N3CCC(Cc4ccc(C(F)(F)F)c5cccnc45)CC3)c(Cl)c2)c(C)n1.Cc1cc(=O)n(-c2ccc(N3CCC(Cc4ccc(F)c5ccccc45)CC3)c(Cl)c2)c(C)n1.Cc1cccc(CC2CCN(c3ccc(-n4c(C)nc(OC=O)cc4=O)cc3Cl)CC2)c1. The maximum Gasteiger partial charge on any atom is 0.417 e. The van der Waals surface area contributed by atoms with Crippen LogP contribution in [0.5, 0.6) is 5.88 Å². The number of halogens is 10. The zero-order chi connectivity index (χ0) is 97.5. The summed E-state index contributed by atoms with van der Waals surface area (Å²) < 4.78 is 93.7. The Hall–Kier alpha value is -13.0. The number of aromatic nitrogens is 10. The third-order valence-electron chi connectivity index (χ3n) is 26.6. The van der Waals surface area contributed by atoms with E-state index in [4.69, 9.17) is 51.1 Å². The number of ether oxygens (including phenoxy) is 1. The lowest BCUT2D eigenvalue weighted by atomic mass is 9.88. The van der Waals surface area contributed by atoms with Crippen LogP contribution in [-0.4, -0.2) is 107 Å². The molecule has 4 aliphatic heterocycles. The van der Waals surface area contributed by atoms with Crippen molar-refractivity contribution in [1.82, 2.24) is 48.2 Å². The summed E-state index contributed by atoms with van der Waals surface area (Å²) in [5.41, 5.74) is 13.6. The Morgan fingerprint density at radius 3 is 1.13 bits per heavy atom. The van der Waals surface area contributed by atoms with Gasteiger partial charge >= 0.3 is 6.18 Å². The Morgan fingerprint density at radius 1 is 0.362 bits per heavy atom. The summed E-state index contributed by atoms with van der Waals surface area (Å²) in [6.07, 6.45) is 10.0. The number of carbonyl (C=O) groups is 1. The van der Waals surface area contributed by atoms with Crippen molar-refractivity contribution in [2.45, 2.75) is 139 Å². The molecule has 10 heterocycles. The molecule has 0 aliphatic carbocycles. The van der Waals surface area contributed by atoms with E-state index in [1.165, 1.54) is 68.3 Å². The van der Waals surface area contributed by atoms with E-state index < -0.39 is 23.4 Å². The van der Waals surface area contributed by atoms with Crippen molar-refractivity contribution in [3.8, 4) is 28.6 Å². The van der Waals surface area contributed by atoms with Gasteiger partial charge in [-0.3, -0.25) is 52.2 Å². The largest absolute Gasteiger partial charge is 0.417 e. The number of carbonyl (C=O) groups excluding carboxylic acids is 1. The summed E-state index contributed by atoms with van der Waals surface area (Å²) in [5, 5.41) is 4.44. The highest BCUT2D eigenvalue weighted by Crippen LogP contribution is 2.42. The normalized spacial score (nSPS) is 14.7. The minimum Gasteiger partial charge on any atom is -0.409 e. The summed E-state index contributed by atoms with van der Waals surface area (Å²) in [6.45, 7) is 21.8. The number of hydrogen-bond donors (Lipinski definition) is 0. The third-order valence-corrected chi connectivity index (χ3v) is 27.8. The number of alkyl halides is 3. The Labute approximate surface area is 815 Å². The zero-order valence-corrected chi connectivity index (χ0v) is 80.7. The van der Waals surface area contributed by atoms with Gasteiger partial charge in [0.2, 0.25) is 5.88 Å². The second kappa shape index (κ2) is 42.9. The smallest absolute Gasteiger partial charge is 0.409 e. The van der Waals surface area contributed by atoms with Crippen LogP contribution in [0, 0.1) is 96.5 Å². The molecule has 0 radical (unpaired) electrons. The van der Waals surface area contributed by atoms with Crippen molar-refractivity contribution < 1.29 is 35.9 Å². The van der Waals surface area contributed by atoms with E-state index in [-0.39, 0.29) is 51.2 Å². The molecule has 20 nitrogen and oxygen atoms in total. The third kappa shape index (κ3) is 22.5. The van der Waals surface area contributed by atoms with Gasteiger partial charge in [0.25, 0.3) is 28.7 Å². The molecule has 0 saturated carbocycles. The van der Waals surface area contributed by atoms with E-state index in [1.807, 2.05) is 98.8 Å². The molecular weight excluding hydrogens is 1850 g/mol. The lowest BCUT2D eigenvalue weighted by Gasteiger charge is -2.34. The predicted molar refractivity (Wildman–Crippen MR) is 537 cm³/mol. The number of pyridine rings is 2. The molecule has 0 spiro atoms. The molecule has 19 rings (SSSR count). The van der Waals surface area contributed by atoms with Gasteiger partial charge in [-0.05, 0) is 293 Å². The second-order valence-corrected chi connectivity index (χ2v) is 37.7. The molecule has 0 bridgehead atoms. The highest BCUT2D eigenvalue weighted by molar-refractivity contribution is 6.34. The first-order chi connectivity index (χ1) is 66.3. The Bertz CT molecular complexity index is 7330. The van der Waals surface area contributed by atoms with E-state index in [2.05, 4.69) is 80.7 Å². The fourth-order valence-electron chi connectivity index (χ4n) is 19.9. The van der Waals surface area contributed by atoms with Gasteiger partial charge in [0, 0.05) is 116 Å². The Morgan fingerprint density at radius 2 is 0.732 bits per heavy atom. The van der Waals surface area contributed by atoms with E-state index in [0.29, 0.717) is 130 Å². The molecule has 4 fully saturated rings. The van der Waals surface area contributed by atoms with Crippen molar-refractivity contribution >= 4 is 108 Å². The van der Waals surface area contributed by atoms with E-state index >= 15 is 0 Å². The highest BCUT2D eigenvalue weighted by atomic mass is 35.5. The Kier molecular flexibility index (Phi) is 30.5. The first-order valence-electron chi connectivity index (χ1n) is 46.3. The first-order valence-corrected chi connectivity index (χ1v) is 47.8. The van der Waals surface area contributed by atoms with Gasteiger partial charge in [0.05, 0.1) is 88.3 Å². The number of piperidine rings is 4. The molecule has 0 atom stereocenters. The number of nitrogens with zero attached hydrogens (tertiary/aromatic N) is 14. The van der Waals surface area contributed by atoms with Gasteiger partial charge in [-0.2, -0.15) is 18.2 Å². The summed E-state index contributed by atoms with van der Waals surface area (Å²) >= 11 is 26.6. The van der Waals surface area contributed by atoms with Crippen LogP contribution in [0.2, 0.25) is 20.1 Å². The molecule has 0 unspecified atom stereocenters. The van der Waals surface area contributed by atoms with E-state index in [9.17, 15) is 50.3 Å². The minimum atomic E-state index is -4.41. The number of benzene rings is 9. The van der Waals surface area contributed by atoms with Gasteiger partial charge in [-0.25, -0.2) is 28.1 Å². The Balaban J connectivity index is 0.000000133. The van der Waals surface area contributed by atoms with Crippen LogP contribution in [0.1, 0.15) is 125 Å². The van der Waals surface area contributed by atoms with Crippen LogP contribution in [0.15, 0.2) is 232 Å². The monoisotopic (exact) mass is 1950 g/mol. The van der Waals surface area contributed by atoms with Gasteiger partial charge < -0.3 is 24.3 Å². The van der Waals surface area contributed by atoms with Crippen LogP contribution >= 0.6 is 46.4 Å². The molecule has 4 saturated heterocycles. The summed E-state index contributed by atoms with van der Waals surface area (Å²) in [7, 11) is 0. The predicted octanol–water partition coefficient (Wildman–Crippen LogP) is 23.1. The zero-order valence-electron chi connectivity index (χ0n) is 77.7. The molecule has 4 aliphatic rings. The van der Waals surface area contributed by atoms with Crippen LogP contribution in [0.4, 0.5) is 49.1 Å². The lowest BCUT2D eigenvalue weighted by Crippen LogP contribution is -2.34. The van der Waals surface area contributed by atoms with E-state index in [0.717, 1.165) is 162 Å². The molecule has 6 aromatic heterocycles. The van der Waals surface area contributed by atoms with Crippen LogP contribution in [0.3, 0.4) is 0 Å². The summed E-state index contributed by atoms with van der Waals surface area (Å²) in [6, 6.07) is 58.6.